The minimum atomic E-state index is -4.57. The summed E-state index contributed by atoms with van der Waals surface area (Å²) in [6, 6.07) is 2.71. The minimum absolute atomic E-state index is 0.0109. The lowest BCUT2D eigenvalue weighted by atomic mass is 9.98. The highest BCUT2D eigenvalue weighted by molar-refractivity contribution is 5.86. The van der Waals surface area contributed by atoms with Crippen molar-refractivity contribution in [2.75, 3.05) is 0 Å². The van der Waals surface area contributed by atoms with Crippen LogP contribution in [0.1, 0.15) is 41.3 Å². The first-order valence-electron chi connectivity index (χ1n) is 8.42. The zero-order valence-electron chi connectivity index (χ0n) is 15.3. The molecular formula is C17H17F4N3O6. The second kappa shape index (κ2) is 9.73. The summed E-state index contributed by atoms with van der Waals surface area (Å²) in [7, 11) is 0. The number of pyridine rings is 1. The van der Waals surface area contributed by atoms with Gasteiger partial charge < -0.3 is 20.1 Å². The molecular weight excluding hydrogens is 418 g/mol. The van der Waals surface area contributed by atoms with Crippen LogP contribution < -0.4 is 4.94 Å². The quantitative estimate of drug-likeness (QED) is 0.620. The van der Waals surface area contributed by atoms with E-state index in [0.717, 1.165) is 18.2 Å². The Morgan fingerprint density at radius 2 is 1.87 bits per heavy atom. The average molecular weight is 435 g/mol. The molecule has 1 saturated heterocycles. The number of ether oxygens (including phenoxy) is 1. The molecule has 0 bridgehead atoms. The molecule has 3 N–H and O–H groups in total. The second-order valence-electron chi connectivity index (χ2n) is 6.19. The van der Waals surface area contributed by atoms with Gasteiger partial charge in [-0.1, -0.05) is 6.07 Å². The van der Waals surface area contributed by atoms with E-state index >= 15 is 0 Å². The predicted molar refractivity (Wildman–Crippen MR) is 89.9 cm³/mol. The molecule has 3 rings (SSSR count). The Labute approximate surface area is 166 Å². The van der Waals surface area contributed by atoms with Gasteiger partial charge in [0.2, 0.25) is 0 Å². The molecule has 30 heavy (non-hydrogen) atoms. The Morgan fingerprint density at radius 1 is 1.23 bits per heavy atom. The number of aliphatic hydroxyl groups excluding tert-OH is 2. The van der Waals surface area contributed by atoms with Gasteiger partial charge in [-0.15, -0.1) is 0 Å². The van der Waals surface area contributed by atoms with Gasteiger partial charge in [-0.05, 0) is 13.0 Å². The number of carboxylic acids is 1. The van der Waals surface area contributed by atoms with Crippen LogP contribution in [-0.2, 0) is 10.9 Å². The summed E-state index contributed by atoms with van der Waals surface area (Å²) in [5.41, 5.74) is -1.19. The summed E-state index contributed by atoms with van der Waals surface area (Å²) in [6.07, 6.45) is -4.91. The molecule has 164 valence electrons. The number of aromatic nitrogens is 3. The molecule has 1 aliphatic heterocycles. The van der Waals surface area contributed by atoms with E-state index in [2.05, 4.69) is 19.9 Å². The number of hydrogen-bond donors (Lipinski definition) is 3. The summed E-state index contributed by atoms with van der Waals surface area (Å²) in [5, 5.41) is 27.9. The lowest BCUT2D eigenvalue weighted by Gasteiger charge is -2.34. The van der Waals surface area contributed by atoms with Crippen LogP contribution in [0, 0.1) is 0 Å². The van der Waals surface area contributed by atoms with E-state index < -0.39 is 48.1 Å². The summed E-state index contributed by atoms with van der Waals surface area (Å²) in [5.74, 6) is -1.50. The lowest BCUT2D eigenvalue weighted by molar-refractivity contribution is -0.165. The van der Waals surface area contributed by atoms with Gasteiger partial charge in [-0.3, -0.25) is 4.94 Å². The van der Waals surface area contributed by atoms with Crippen molar-refractivity contribution in [2.24, 2.45) is 0 Å². The molecule has 3 heterocycles. The monoisotopic (exact) mass is 435 g/mol. The number of alkyl halides is 3. The molecule has 4 unspecified atom stereocenters. The van der Waals surface area contributed by atoms with Crippen molar-refractivity contribution >= 4 is 5.97 Å². The molecule has 2 aromatic rings. The van der Waals surface area contributed by atoms with Gasteiger partial charge in [0, 0.05) is 29.4 Å². The van der Waals surface area contributed by atoms with Gasteiger partial charge in [0.25, 0.3) is 5.88 Å². The maximum atomic E-state index is 11.9. The number of halogens is 4. The fourth-order valence-corrected chi connectivity index (χ4v) is 2.46. The van der Waals surface area contributed by atoms with Crippen LogP contribution in [0.4, 0.5) is 17.7 Å². The molecule has 2 aromatic heterocycles. The third kappa shape index (κ3) is 6.05. The zero-order valence-corrected chi connectivity index (χ0v) is 15.3. The third-order valence-electron chi connectivity index (χ3n) is 4.01. The van der Waals surface area contributed by atoms with Crippen LogP contribution in [0.15, 0.2) is 30.6 Å². The fraction of sp³-hybridized carbons (Fsp3) is 0.412. The van der Waals surface area contributed by atoms with Crippen molar-refractivity contribution in [3.63, 3.8) is 0 Å². The molecule has 0 aliphatic carbocycles. The van der Waals surface area contributed by atoms with Crippen molar-refractivity contribution in [1.82, 2.24) is 15.0 Å². The van der Waals surface area contributed by atoms with Crippen molar-refractivity contribution in [1.29, 1.82) is 0 Å². The number of carboxylic acid groups (broad SMARTS) is 1. The Hall–Kier alpha value is -2.90. The van der Waals surface area contributed by atoms with Crippen LogP contribution >= 0.6 is 0 Å². The summed E-state index contributed by atoms with van der Waals surface area (Å²) in [6.45, 7) is 1.64. The van der Waals surface area contributed by atoms with E-state index in [9.17, 15) is 32.7 Å². The van der Waals surface area contributed by atoms with Gasteiger partial charge >= 0.3 is 12.1 Å². The molecule has 0 saturated carbocycles. The second-order valence-corrected chi connectivity index (χ2v) is 6.19. The van der Waals surface area contributed by atoms with Gasteiger partial charge in [0.15, 0.2) is 5.82 Å². The van der Waals surface area contributed by atoms with E-state index in [1.165, 1.54) is 12.4 Å². The Balaban J connectivity index is 0.000000232. The molecule has 0 radical (unpaired) electrons. The number of hydrogen-bond acceptors (Lipinski definition) is 8. The molecule has 4 atom stereocenters. The predicted octanol–water partition coefficient (Wildman–Crippen LogP) is 2.11. The summed E-state index contributed by atoms with van der Waals surface area (Å²) in [4.78, 5) is 24.3. The summed E-state index contributed by atoms with van der Waals surface area (Å²) < 4.78 is 52.4. The Morgan fingerprint density at radius 3 is 2.37 bits per heavy atom. The van der Waals surface area contributed by atoms with Gasteiger partial charge in [-0.25, -0.2) is 19.7 Å². The number of aliphatic hydroxyl groups is 2. The van der Waals surface area contributed by atoms with Gasteiger partial charge in [0.05, 0.1) is 17.8 Å². The number of rotatable bonds is 3. The van der Waals surface area contributed by atoms with E-state index in [1.807, 2.05) is 0 Å². The highest BCUT2D eigenvalue weighted by atomic mass is 19.4. The van der Waals surface area contributed by atoms with Crippen LogP contribution in [0.2, 0.25) is 0 Å². The van der Waals surface area contributed by atoms with Crippen molar-refractivity contribution in [3.05, 3.63) is 47.7 Å². The number of aromatic carboxylic acids is 1. The lowest BCUT2D eigenvalue weighted by Crippen LogP contribution is -2.44. The highest BCUT2D eigenvalue weighted by Gasteiger charge is 2.36. The maximum Gasteiger partial charge on any atom is 0.433 e. The van der Waals surface area contributed by atoms with Gasteiger partial charge in [-0.2, -0.15) is 13.2 Å². The third-order valence-corrected chi connectivity index (χ3v) is 4.01. The molecule has 13 heteroatoms. The van der Waals surface area contributed by atoms with E-state index in [0.29, 0.717) is 5.82 Å². The summed E-state index contributed by atoms with van der Waals surface area (Å²) >= 11 is 0. The molecule has 1 fully saturated rings. The molecule has 9 nitrogen and oxygen atoms in total. The first-order valence-corrected chi connectivity index (χ1v) is 8.42. The Kier molecular flexibility index (Phi) is 7.59. The van der Waals surface area contributed by atoms with E-state index in [-0.39, 0.29) is 12.0 Å². The Bertz CT molecular complexity index is 840. The standard InChI is InChI=1S/C11H14N2O5.C6H3F4NO/c1-5-9(15)7(14)2-8(18-5)10-12-3-6(4-13-10)11(16)17;7-6(8,9)4-2-1-3-5(11-4)12-10/h3-5,7-9,14-15H,2H2,1H3,(H,16,17);1-3H. The highest BCUT2D eigenvalue weighted by Crippen LogP contribution is 2.30. The minimum Gasteiger partial charge on any atom is -0.478 e. The topological polar surface area (TPSA) is 135 Å². The van der Waals surface area contributed by atoms with Crippen molar-refractivity contribution in [3.8, 4) is 5.88 Å². The van der Waals surface area contributed by atoms with E-state index in [4.69, 9.17) is 9.84 Å². The number of nitrogens with zero attached hydrogens (tertiary/aromatic N) is 3. The van der Waals surface area contributed by atoms with Crippen LogP contribution in [-0.4, -0.2) is 54.6 Å². The number of carbonyl (C=O) groups is 1. The normalized spacial score (nSPS) is 23.8. The zero-order chi connectivity index (χ0) is 22.5. The molecule has 0 spiro atoms. The largest absolute Gasteiger partial charge is 0.478 e. The van der Waals surface area contributed by atoms with Crippen LogP contribution in [0.5, 0.6) is 5.88 Å². The van der Waals surface area contributed by atoms with Gasteiger partial charge in [0.1, 0.15) is 17.9 Å². The molecule has 1 aliphatic rings. The molecule has 0 aromatic carbocycles. The first-order chi connectivity index (χ1) is 14.0. The maximum absolute atomic E-state index is 11.9. The van der Waals surface area contributed by atoms with Crippen LogP contribution in [0.25, 0.3) is 0 Å². The van der Waals surface area contributed by atoms with Crippen LogP contribution in [0.3, 0.4) is 0 Å². The first kappa shape index (κ1) is 23.4. The van der Waals surface area contributed by atoms with Crippen molar-refractivity contribution < 1.29 is 47.5 Å². The smallest absolute Gasteiger partial charge is 0.433 e. The SMILES string of the molecule is CC1OC(c2ncc(C(=O)O)cn2)CC(O)C1O.FOc1cccc(C(F)(F)F)n1. The average Bonchev–Trinajstić information content (AvgIpc) is 2.71. The fourth-order valence-electron chi connectivity index (χ4n) is 2.46. The molecule has 0 amide bonds. The van der Waals surface area contributed by atoms with E-state index in [1.54, 1.807) is 6.92 Å². The van der Waals surface area contributed by atoms with Crippen molar-refractivity contribution in [2.45, 2.75) is 43.9 Å².